The highest BCUT2D eigenvalue weighted by Crippen LogP contribution is 2.15. The molecule has 0 unspecified atom stereocenters. The summed E-state index contributed by atoms with van der Waals surface area (Å²) in [5.41, 5.74) is 2.52. The van der Waals surface area contributed by atoms with E-state index in [9.17, 15) is 0 Å². The average molecular weight is 221 g/mol. The first kappa shape index (κ1) is 13.0. The zero-order valence-corrected chi connectivity index (χ0v) is 11.0. The Morgan fingerprint density at radius 1 is 1.31 bits per heavy atom. The molecule has 0 aliphatic heterocycles. The van der Waals surface area contributed by atoms with Crippen molar-refractivity contribution in [2.24, 2.45) is 0 Å². The summed E-state index contributed by atoms with van der Waals surface area (Å²) < 4.78 is 0. The molecule has 0 aliphatic carbocycles. The van der Waals surface area contributed by atoms with Crippen LogP contribution in [0.1, 0.15) is 40.2 Å². The maximum Gasteiger partial charge on any atom is 0.0574 e. The lowest BCUT2D eigenvalue weighted by Crippen LogP contribution is -2.35. The maximum atomic E-state index is 4.15. The minimum absolute atomic E-state index is 0.137. The second-order valence-electron chi connectivity index (χ2n) is 5.44. The molecule has 3 nitrogen and oxygen atoms in total. The molecule has 0 amide bonds. The van der Waals surface area contributed by atoms with Crippen LogP contribution in [-0.4, -0.2) is 16.6 Å². The molecule has 0 saturated carbocycles. The quantitative estimate of drug-likeness (QED) is 0.821. The summed E-state index contributed by atoms with van der Waals surface area (Å²) in [5, 5.41) is 6.89. The van der Waals surface area contributed by atoms with E-state index >= 15 is 0 Å². The van der Waals surface area contributed by atoms with Crippen LogP contribution < -0.4 is 10.6 Å². The molecule has 3 heteroatoms. The van der Waals surface area contributed by atoms with Crippen molar-refractivity contribution >= 4 is 5.69 Å². The predicted octanol–water partition coefficient (Wildman–Crippen LogP) is 2.79. The topological polar surface area (TPSA) is 37.0 Å². The third-order valence-electron chi connectivity index (χ3n) is 2.16. The highest BCUT2D eigenvalue weighted by molar-refractivity contribution is 5.49. The van der Waals surface area contributed by atoms with Crippen LogP contribution in [0.5, 0.6) is 0 Å². The number of hydrogen-bond donors (Lipinski definition) is 2. The number of nitrogens with one attached hydrogen (secondary N) is 2. The minimum atomic E-state index is 0.137. The average Bonchev–Trinajstić information content (AvgIpc) is 2.14. The number of rotatable bonds is 4. The van der Waals surface area contributed by atoms with E-state index in [2.05, 4.69) is 56.3 Å². The first-order valence-corrected chi connectivity index (χ1v) is 5.83. The molecule has 16 heavy (non-hydrogen) atoms. The van der Waals surface area contributed by atoms with Crippen molar-refractivity contribution in [2.45, 2.75) is 52.7 Å². The number of aromatic nitrogens is 1. The first-order chi connectivity index (χ1) is 7.38. The fourth-order valence-corrected chi connectivity index (χ4v) is 1.38. The van der Waals surface area contributed by atoms with Gasteiger partial charge in [-0.1, -0.05) is 0 Å². The van der Waals surface area contributed by atoms with Crippen molar-refractivity contribution in [3.63, 3.8) is 0 Å². The summed E-state index contributed by atoms with van der Waals surface area (Å²) in [5.74, 6) is 0. The molecule has 0 aromatic carbocycles. The number of pyridine rings is 1. The van der Waals surface area contributed by atoms with Crippen LogP contribution in [0.2, 0.25) is 0 Å². The summed E-state index contributed by atoms with van der Waals surface area (Å²) in [4.78, 5) is 4.15. The van der Waals surface area contributed by atoms with Crippen LogP contribution in [0.15, 0.2) is 18.5 Å². The van der Waals surface area contributed by atoms with E-state index in [-0.39, 0.29) is 5.54 Å². The molecule has 0 saturated heterocycles. The van der Waals surface area contributed by atoms with E-state index in [0.717, 1.165) is 12.2 Å². The summed E-state index contributed by atoms with van der Waals surface area (Å²) >= 11 is 0. The molecule has 90 valence electrons. The van der Waals surface area contributed by atoms with Gasteiger partial charge in [0.05, 0.1) is 11.9 Å². The third-order valence-corrected chi connectivity index (χ3v) is 2.16. The van der Waals surface area contributed by atoms with Crippen LogP contribution in [0.4, 0.5) is 5.69 Å². The predicted molar refractivity (Wildman–Crippen MR) is 69.6 cm³/mol. The molecule has 2 N–H and O–H groups in total. The number of anilines is 1. The third kappa shape index (κ3) is 4.62. The van der Waals surface area contributed by atoms with Gasteiger partial charge in [0.15, 0.2) is 0 Å². The Morgan fingerprint density at radius 2 is 2.00 bits per heavy atom. The van der Waals surface area contributed by atoms with Crippen molar-refractivity contribution in [1.82, 2.24) is 10.3 Å². The van der Waals surface area contributed by atoms with Gasteiger partial charge >= 0.3 is 0 Å². The van der Waals surface area contributed by atoms with Gasteiger partial charge in [0.1, 0.15) is 0 Å². The van der Waals surface area contributed by atoms with Gasteiger partial charge < -0.3 is 10.6 Å². The van der Waals surface area contributed by atoms with Crippen LogP contribution in [0.3, 0.4) is 0 Å². The maximum absolute atomic E-state index is 4.15. The van der Waals surface area contributed by atoms with Gasteiger partial charge in [0, 0.05) is 24.3 Å². The molecule has 0 radical (unpaired) electrons. The minimum Gasteiger partial charge on any atom is -0.381 e. The zero-order chi connectivity index (χ0) is 12.2. The lowest BCUT2D eigenvalue weighted by molar-refractivity contribution is 0.424. The molecular weight excluding hydrogens is 198 g/mol. The smallest absolute Gasteiger partial charge is 0.0574 e. The number of nitrogens with zero attached hydrogens (tertiary/aromatic N) is 1. The Balaban J connectivity index is 2.71. The van der Waals surface area contributed by atoms with E-state index in [1.807, 2.05) is 12.4 Å². The van der Waals surface area contributed by atoms with E-state index in [4.69, 9.17) is 0 Å². The first-order valence-electron chi connectivity index (χ1n) is 5.83. The Hall–Kier alpha value is -1.09. The van der Waals surface area contributed by atoms with E-state index < -0.39 is 0 Å². The van der Waals surface area contributed by atoms with E-state index in [1.54, 1.807) is 0 Å². The van der Waals surface area contributed by atoms with Gasteiger partial charge in [-0.3, -0.25) is 4.98 Å². The van der Waals surface area contributed by atoms with Gasteiger partial charge in [0.25, 0.3) is 0 Å². The van der Waals surface area contributed by atoms with Crippen LogP contribution in [0, 0.1) is 0 Å². The lowest BCUT2D eigenvalue weighted by atomic mass is 10.1. The van der Waals surface area contributed by atoms with E-state index in [1.165, 1.54) is 5.56 Å². The molecular formula is C13H23N3. The lowest BCUT2D eigenvalue weighted by Gasteiger charge is -2.22. The Bertz CT molecular complexity index is 326. The standard InChI is InChI=1S/C13H23N3/c1-10(2)16-12-9-14-7-6-11(12)8-15-13(3,4)5/h6-7,9-10,15-16H,8H2,1-5H3. The number of hydrogen-bond acceptors (Lipinski definition) is 3. The Labute approximate surface area is 98.7 Å². The molecule has 1 aromatic heterocycles. The van der Waals surface area contributed by atoms with E-state index in [0.29, 0.717) is 6.04 Å². The molecule has 0 bridgehead atoms. The molecule has 0 atom stereocenters. The van der Waals surface area contributed by atoms with Crippen molar-refractivity contribution in [2.75, 3.05) is 5.32 Å². The summed E-state index contributed by atoms with van der Waals surface area (Å²) in [7, 11) is 0. The van der Waals surface area contributed by atoms with Crippen molar-refractivity contribution in [3.8, 4) is 0 Å². The van der Waals surface area contributed by atoms with Crippen molar-refractivity contribution in [1.29, 1.82) is 0 Å². The van der Waals surface area contributed by atoms with Gasteiger partial charge in [-0.2, -0.15) is 0 Å². The van der Waals surface area contributed by atoms with Crippen LogP contribution in [0.25, 0.3) is 0 Å². The molecule has 0 aliphatic rings. The van der Waals surface area contributed by atoms with Crippen molar-refractivity contribution in [3.05, 3.63) is 24.0 Å². The second-order valence-corrected chi connectivity index (χ2v) is 5.44. The zero-order valence-electron chi connectivity index (χ0n) is 11.0. The van der Waals surface area contributed by atoms with Crippen molar-refractivity contribution < 1.29 is 0 Å². The second kappa shape index (κ2) is 5.30. The van der Waals surface area contributed by atoms with Crippen LogP contribution in [-0.2, 0) is 6.54 Å². The Kier molecular flexibility index (Phi) is 4.30. The highest BCUT2D eigenvalue weighted by atomic mass is 15.0. The highest BCUT2D eigenvalue weighted by Gasteiger charge is 2.10. The largest absolute Gasteiger partial charge is 0.381 e. The molecule has 0 spiro atoms. The SMILES string of the molecule is CC(C)Nc1cnccc1CNC(C)(C)C. The molecule has 0 fully saturated rings. The molecule has 1 heterocycles. The van der Waals surface area contributed by atoms with Crippen LogP contribution >= 0.6 is 0 Å². The van der Waals surface area contributed by atoms with Gasteiger partial charge in [0.2, 0.25) is 0 Å². The fourth-order valence-electron chi connectivity index (χ4n) is 1.38. The normalized spacial score (nSPS) is 11.9. The fraction of sp³-hybridized carbons (Fsp3) is 0.615. The molecule has 1 rings (SSSR count). The van der Waals surface area contributed by atoms with Gasteiger partial charge in [-0.05, 0) is 46.2 Å². The Morgan fingerprint density at radius 3 is 2.56 bits per heavy atom. The van der Waals surface area contributed by atoms with Gasteiger partial charge in [-0.15, -0.1) is 0 Å². The summed E-state index contributed by atoms with van der Waals surface area (Å²) in [6.45, 7) is 11.6. The summed E-state index contributed by atoms with van der Waals surface area (Å²) in [6.07, 6.45) is 3.73. The monoisotopic (exact) mass is 221 g/mol. The molecule has 1 aromatic rings. The van der Waals surface area contributed by atoms with Gasteiger partial charge in [-0.25, -0.2) is 0 Å². The summed E-state index contributed by atoms with van der Waals surface area (Å²) in [6, 6.07) is 2.49.